The van der Waals surface area contributed by atoms with Crippen molar-refractivity contribution in [3.05, 3.63) is 48.3 Å². The van der Waals surface area contributed by atoms with Gasteiger partial charge in [-0.05, 0) is 49.8 Å². The van der Waals surface area contributed by atoms with Gasteiger partial charge in [0, 0.05) is 0 Å². The highest BCUT2D eigenvalue weighted by Gasteiger charge is 2.40. The molecule has 110 valence electrons. The van der Waals surface area contributed by atoms with Crippen molar-refractivity contribution in [2.24, 2.45) is 5.92 Å². The third kappa shape index (κ3) is 2.63. The molecule has 0 amide bonds. The predicted molar refractivity (Wildman–Crippen MR) is 80.5 cm³/mol. The number of nitrogens with zero attached hydrogens (tertiary/aromatic N) is 2. The standard InChI is InChI=1S/C17H20N2O2/c1-13-7-10-17(21,11-8-13)16(20)15-9-12-18-19(15)14-5-3-2-4-6-14/h2-6,9,12-13,21H,7-8,10-11H2,1H3. The maximum atomic E-state index is 12.8. The Morgan fingerprint density at radius 3 is 2.57 bits per heavy atom. The van der Waals surface area contributed by atoms with Gasteiger partial charge in [0.25, 0.3) is 0 Å². The van der Waals surface area contributed by atoms with Gasteiger partial charge in [-0.2, -0.15) is 5.10 Å². The first-order valence-electron chi connectivity index (χ1n) is 7.47. The van der Waals surface area contributed by atoms with E-state index in [-0.39, 0.29) is 5.78 Å². The Hall–Kier alpha value is -1.94. The van der Waals surface area contributed by atoms with E-state index in [0.717, 1.165) is 18.5 Å². The van der Waals surface area contributed by atoms with Crippen LogP contribution >= 0.6 is 0 Å². The first kappa shape index (κ1) is 14.0. The SMILES string of the molecule is CC1CCC(O)(C(=O)c2ccnn2-c2ccccc2)CC1. The Balaban J connectivity index is 1.91. The zero-order chi connectivity index (χ0) is 14.9. The van der Waals surface area contributed by atoms with Crippen LogP contribution in [0.25, 0.3) is 5.69 Å². The van der Waals surface area contributed by atoms with E-state index < -0.39 is 5.60 Å². The highest BCUT2D eigenvalue weighted by molar-refractivity contribution is 6.01. The first-order chi connectivity index (χ1) is 10.1. The number of hydrogen-bond acceptors (Lipinski definition) is 3. The second kappa shape index (κ2) is 5.45. The monoisotopic (exact) mass is 284 g/mol. The minimum atomic E-state index is -1.24. The fourth-order valence-corrected chi connectivity index (χ4v) is 2.96. The molecule has 1 saturated carbocycles. The summed E-state index contributed by atoms with van der Waals surface area (Å²) in [6.07, 6.45) is 4.46. The molecule has 4 nitrogen and oxygen atoms in total. The lowest BCUT2D eigenvalue weighted by atomic mass is 9.76. The lowest BCUT2D eigenvalue weighted by Crippen LogP contribution is -2.42. The summed E-state index contributed by atoms with van der Waals surface area (Å²) in [6.45, 7) is 2.16. The maximum Gasteiger partial charge on any atom is 0.212 e. The van der Waals surface area contributed by atoms with Gasteiger partial charge in [0.2, 0.25) is 5.78 Å². The molecule has 2 aromatic rings. The number of carbonyl (C=O) groups is 1. The van der Waals surface area contributed by atoms with Crippen molar-refractivity contribution in [3.63, 3.8) is 0 Å². The molecule has 1 N–H and O–H groups in total. The third-order valence-electron chi connectivity index (χ3n) is 4.40. The van der Waals surface area contributed by atoms with Crippen LogP contribution in [0.15, 0.2) is 42.6 Å². The molecule has 0 aliphatic heterocycles. The van der Waals surface area contributed by atoms with E-state index in [0.29, 0.717) is 24.5 Å². The molecule has 0 unspecified atom stereocenters. The summed E-state index contributed by atoms with van der Waals surface area (Å²) in [5, 5.41) is 14.9. The summed E-state index contributed by atoms with van der Waals surface area (Å²) < 4.78 is 1.61. The Labute approximate surface area is 124 Å². The molecule has 0 spiro atoms. The lowest BCUT2D eigenvalue weighted by molar-refractivity contribution is 0.00359. The van der Waals surface area contributed by atoms with Crippen molar-refractivity contribution in [2.75, 3.05) is 0 Å². The van der Waals surface area contributed by atoms with Crippen LogP contribution in [0.5, 0.6) is 0 Å². The fraction of sp³-hybridized carbons (Fsp3) is 0.412. The summed E-state index contributed by atoms with van der Waals surface area (Å²) in [5.41, 5.74) is 0.0517. The number of ketones is 1. The van der Waals surface area contributed by atoms with E-state index in [1.165, 1.54) is 0 Å². The van der Waals surface area contributed by atoms with E-state index >= 15 is 0 Å². The molecule has 1 heterocycles. The summed E-state index contributed by atoms with van der Waals surface area (Å²) in [6, 6.07) is 11.2. The highest BCUT2D eigenvalue weighted by Crippen LogP contribution is 2.34. The van der Waals surface area contributed by atoms with Gasteiger partial charge in [-0.25, -0.2) is 4.68 Å². The van der Waals surface area contributed by atoms with E-state index in [1.807, 2.05) is 30.3 Å². The topological polar surface area (TPSA) is 55.1 Å². The van der Waals surface area contributed by atoms with Gasteiger partial charge in [0.15, 0.2) is 0 Å². The van der Waals surface area contributed by atoms with Crippen LogP contribution in [0.2, 0.25) is 0 Å². The average molecular weight is 284 g/mol. The van der Waals surface area contributed by atoms with Gasteiger partial charge in [-0.3, -0.25) is 4.79 Å². The average Bonchev–Trinajstić information content (AvgIpc) is 3.00. The molecule has 0 saturated heterocycles. The summed E-state index contributed by atoms with van der Waals surface area (Å²) >= 11 is 0. The molecule has 4 heteroatoms. The van der Waals surface area contributed by atoms with Crippen LogP contribution in [0.4, 0.5) is 0 Å². The molecule has 1 aliphatic rings. The zero-order valence-corrected chi connectivity index (χ0v) is 12.2. The molecule has 1 aromatic carbocycles. The number of aliphatic hydroxyl groups is 1. The van der Waals surface area contributed by atoms with E-state index in [1.54, 1.807) is 16.9 Å². The lowest BCUT2D eigenvalue weighted by Gasteiger charge is -2.33. The second-order valence-corrected chi connectivity index (χ2v) is 6.01. The number of carbonyl (C=O) groups excluding carboxylic acids is 1. The Morgan fingerprint density at radius 1 is 1.24 bits per heavy atom. The smallest absolute Gasteiger partial charge is 0.212 e. The van der Waals surface area contributed by atoms with Gasteiger partial charge in [-0.15, -0.1) is 0 Å². The molecule has 1 aromatic heterocycles. The highest BCUT2D eigenvalue weighted by atomic mass is 16.3. The quantitative estimate of drug-likeness (QED) is 0.882. The van der Waals surface area contributed by atoms with Crippen LogP contribution in [0, 0.1) is 5.92 Å². The number of Topliss-reactive ketones (excluding diaryl/α,β-unsaturated/α-hetero) is 1. The van der Waals surface area contributed by atoms with Gasteiger partial charge >= 0.3 is 0 Å². The predicted octanol–water partition coefficient (Wildman–Crippen LogP) is 3.00. The van der Waals surface area contributed by atoms with Crippen molar-refractivity contribution in [2.45, 2.75) is 38.2 Å². The van der Waals surface area contributed by atoms with Crippen LogP contribution in [-0.2, 0) is 0 Å². The minimum absolute atomic E-state index is 0.212. The van der Waals surface area contributed by atoms with Gasteiger partial charge < -0.3 is 5.11 Å². The van der Waals surface area contributed by atoms with Crippen LogP contribution < -0.4 is 0 Å². The van der Waals surface area contributed by atoms with Gasteiger partial charge in [-0.1, -0.05) is 25.1 Å². The molecule has 1 aliphatic carbocycles. The van der Waals surface area contributed by atoms with E-state index in [9.17, 15) is 9.90 Å². The molecule has 21 heavy (non-hydrogen) atoms. The van der Waals surface area contributed by atoms with Gasteiger partial charge in [0.1, 0.15) is 11.3 Å². The fourth-order valence-electron chi connectivity index (χ4n) is 2.96. The number of benzene rings is 1. The number of hydrogen-bond donors (Lipinski definition) is 1. The van der Waals surface area contributed by atoms with Crippen LogP contribution in [-0.4, -0.2) is 26.3 Å². The Morgan fingerprint density at radius 2 is 1.90 bits per heavy atom. The Kier molecular flexibility index (Phi) is 3.64. The molecule has 1 fully saturated rings. The molecule has 0 atom stereocenters. The molecular weight excluding hydrogens is 264 g/mol. The van der Waals surface area contributed by atoms with Crippen molar-refractivity contribution in [3.8, 4) is 5.69 Å². The van der Waals surface area contributed by atoms with Crippen molar-refractivity contribution < 1.29 is 9.90 Å². The molecule has 0 bridgehead atoms. The largest absolute Gasteiger partial charge is 0.382 e. The normalized spacial score (nSPS) is 25.7. The van der Waals surface area contributed by atoms with Gasteiger partial charge in [0.05, 0.1) is 11.9 Å². The van der Waals surface area contributed by atoms with Crippen LogP contribution in [0.1, 0.15) is 43.1 Å². The minimum Gasteiger partial charge on any atom is -0.382 e. The molecular formula is C17H20N2O2. The van der Waals surface area contributed by atoms with Crippen molar-refractivity contribution in [1.82, 2.24) is 9.78 Å². The summed E-state index contributed by atoms with van der Waals surface area (Å²) in [7, 11) is 0. The van der Waals surface area contributed by atoms with E-state index in [2.05, 4.69) is 12.0 Å². The summed E-state index contributed by atoms with van der Waals surface area (Å²) in [4.78, 5) is 12.8. The first-order valence-corrected chi connectivity index (χ1v) is 7.47. The number of rotatable bonds is 3. The van der Waals surface area contributed by atoms with Crippen LogP contribution in [0.3, 0.4) is 0 Å². The second-order valence-electron chi connectivity index (χ2n) is 6.01. The van der Waals surface area contributed by atoms with Crippen molar-refractivity contribution >= 4 is 5.78 Å². The maximum absolute atomic E-state index is 12.8. The zero-order valence-electron chi connectivity index (χ0n) is 12.2. The molecule has 0 radical (unpaired) electrons. The number of para-hydroxylation sites is 1. The van der Waals surface area contributed by atoms with Crippen molar-refractivity contribution in [1.29, 1.82) is 0 Å². The molecule has 3 rings (SSSR count). The Bertz CT molecular complexity index is 625. The third-order valence-corrected chi connectivity index (χ3v) is 4.40. The number of aromatic nitrogens is 2. The summed E-state index contributed by atoms with van der Waals surface area (Å²) in [5.74, 6) is 0.368. The van der Waals surface area contributed by atoms with E-state index in [4.69, 9.17) is 0 Å².